The van der Waals surface area contributed by atoms with E-state index in [1.807, 2.05) is 18.2 Å². The number of nitrogens with zero attached hydrogens (tertiary/aromatic N) is 2. The average molecular weight is 903 g/mol. The van der Waals surface area contributed by atoms with Gasteiger partial charge in [-0.3, -0.25) is 0 Å². The van der Waals surface area contributed by atoms with Crippen molar-refractivity contribution < 1.29 is 0 Å². The Bertz CT molecular complexity index is 3560. The molecule has 1 aromatic heterocycles. The number of fused-ring (bicyclic) bond motifs is 6. The molecule has 3 atom stereocenters. The predicted octanol–water partition coefficient (Wildman–Crippen LogP) is 17.7. The van der Waals surface area contributed by atoms with Gasteiger partial charge in [0.05, 0.1) is 16.6 Å². The summed E-state index contributed by atoms with van der Waals surface area (Å²) in [5.74, 6) is 3.12. The third kappa shape index (κ3) is 7.92. The molecule has 3 unspecified atom stereocenters. The maximum Gasteiger partial charge on any atom is 0.0643 e. The minimum absolute atomic E-state index is 0.0981. The second-order valence-corrected chi connectivity index (χ2v) is 20.0. The lowest BCUT2D eigenvalue weighted by Crippen LogP contribution is -2.42. The fourth-order valence-electron chi connectivity index (χ4n) is 11.4. The first-order valence-corrected chi connectivity index (χ1v) is 24.7. The van der Waals surface area contributed by atoms with Crippen LogP contribution in [-0.2, 0) is 5.41 Å². The molecule has 340 valence electrons. The van der Waals surface area contributed by atoms with Gasteiger partial charge in [-0.15, -0.1) is 6.42 Å². The summed E-state index contributed by atoms with van der Waals surface area (Å²) in [6, 6.07) is 58.7. The number of aromatic nitrogens is 1. The van der Waals surface area contributed by atoms with Crippen LogP contribution in [0.25, 0.3) is 61.4 Å². The van der Waals surface area contributed by atoms with E-state index < -0.39 is 0 Å². The van der Waals surface area contributed by atoms with Crippen LogP contribution in [0.3, 0.4) is 0 Å². The minimum atomic E-state index is -0.287. The van der Waals surface area contributed by atoms with Crippen molar-refractivity contribution in [3.05, 3.63) is 258 Å². The molecule has 11 rings (SSSR count). The molecule has 0 spiro atoms. The Hall–Kier alpha value is -8.12. The number of allylic oxidation sites excluding steroid dienone is 10. The smallest absolute Gasteiger partial charge is 0.0643 e. The van der Waals surface area contributed by atoms with E-state index >= 15 is 0 Å². The van der Waals surface area contributed by atoms with Gasteiger partial charge in [-0.25, -0.2) is 0 Å². The Morgan fingerprint density at radius 1 is 0.700 bits per heavy atom. The summed E-state index contributed by atoms with van der Waals surface area (Å²) in [4.78, 5) is 2.57. The molecule has 0 fully saturated rings. The Kier molecular flexibility index (Phi) is 11.5. The van der Waals surface area contributed by atoms with Gasteiger partial charge in [0.2, 0.25) is 0 Å². The van der Waals surface area contributed by atoms with Crippen LogP contribution >= 0.6 is 0 Å². The van der Waals surface area contributed by atoms with Crippen molar-refractivity contribution in [3.8, 4) is 40.3 Å². The molecule has 0 aliphatic heterocycles. The number of para-hydroxylation sites is 1. The van der Waals surface area contributed by atoms with Crippen LogP contribution in [0.1, 0.15) is 74.3 Å². The summed E-state index contributed by atoms with van der Waals surface area (Å²) in [6.45, 7) is 13.4. The predicted molar refractivity (Wildman–Crippen MR) is 300 cm³/mol. The largest absolute Gasteiger partial charge is 0.332 e. The average Bonchev–Trinajstić information content (AvgIpc) is 3.84. The second kappa shape index (κ2) is 18.1. The lowest BCUT2D eigenvalue weighted by Gasteiger charge is -2.43. The summed E-state index contributed by atoms with van der Waals surface area (Å²) in [6.07, 6.45) is 31.3. The molecule has 0 amide bonds. The Labute approximate surface area is 414 Å². The van der Waals surface area contributed by atoms with Gasteiger partial charge < -0.3 is 9.47 Å². The van der Waals surface area contributed by atoms with E-state index in [1.54, 1.807) is 6.08 Å². The van der Waals surface area contributed by atoms with Crippen LogP contribution in [-0.4, -0.2) is 10.1 Å². The Morgan fingerprint density at radius 2 is 1.39 bits per heavy atom. The summed E-state index contributed by atoms with van der Waals surface area (Å²) < 4.78 is 2.40. The zero-order valence-corrected chi connectivity index (χ0v) is 40.6. The van der Waals surface area contributed by atoms with Gasteiger partial charge >= 0.3 is 0 Å². The van der Waals surface area contributed by atoms with Crippen LogP contribution < -0.4 is 4.90 Å². The van der Waals surface area contributed by atoms with Crippen molar-refractivity contribution in [1.82, 2.24) is 4.57 Å². The van der Waals surface area contributed by atoms with Gasteiger partial charge in [0.15, 0.2) is 0 Å². The maximum atomic E-state index is 5.41. The molecule has 0 N–H and O–H groups in total. The number of terminal acetylenes is 1. The second-order valence-electron chi connectivity index (χ2n) is 20.0. The number of rotatable bonds is 11. The monoisotopic (exact) mass is 902 g/mol. The standard InChI is InChI=1S/C68H58N2/c1-7-9-10-11-13-18-49-39-41-68(6,42-40-49)70(57-34-36-60-59-21-16-17-22-63(59)67(4,5)64(60)46-57)56-32-27-51(28-33-56)58-35-29-52(43-47(58)3)54-31-38-66-62(45-54)61-44-53(50-25-23-48(8-2)24-26-50)30-37-65(61)69(66)55-19-14-12-15-20-55/h1,8-17,19-41,43-47,58H,2,18,42H2,3-6H3/b10-9-,13-11-. The molecule has 2 heteroatoms. The van der Waals surface area contributed by atoms with E-state index in [-0.39, 0.29) is 16.9 Å². The Morgan fingerprint density at radius 3 is 2.10 bits per heavy atom. The summed E-state index contributed by atoms with van der Waals surface area (Å²) >= 11 is 0. The first-order valence-electron chi connectivity index (χ1n) is 24.7. The number of benzene rings is 7. The minimum Gasteiger partial charge on any atom is -0.332 e. The molecule has 70 heavy (non-hydrogen) atoms. The highest BCUT2D eigenvalue weighted by Crippen LogP contribution is 2.51. The van der Waals surface area contributed by atoms with Crippen LogP contribution in [0.2, 0.25) is 0 Å². The third-order valence-electron chi connectivity index (χ3n) is 15.2. The normalized spacial score (nSPS) is 19.0. The molecule has 8 aromatic rings. The van der Waals surface area contributed by atoms with E-state index in [0.29, 0.717) is 5.92 Å². The van der Waals surface area contributed by atoms with Crippen molar-refractivity contribution >= 4 is 44.8 Å². The van der Waals surface area contributed by atoms with Gasteiger partial charge in [0.25, 0.3) is 0 Å². The SMILES string of the molecule is C#C/C=C\C=C/CC1=CCC(C)(N(c2ccc(C3C=CC(c4ccc5c(c4)c4cc(-c6ccc(C=C)cc6)ccc4n5-c4ccccc4)=CC3C)cc2)c2ccc3c(c2)C(C)(C)c2ccccc2-3)C=C1. The fraction of sp³-hybridized carbons (Fsp3) is 0.147. The number of hydrogen-bond donors (Lipinski definition) is 0. The molecule has 1 heterocycles. The molecular weight excluding hydrogens is 845 g/mol. The molecule has 3 aliphatic carbocycles. The van der Waals surface area contributed by atoms with Crippen LogP contribution in [0.4, 0.5) is 11.4 Å². The number of hydrogen-bond acceptors (Lipinski definition) is 1. The summed E-state index contributed by atoms with van der Waals surface area (Å²) in [5, 5.41) is 2.50. The zero-order valence-electron chi connectivity index (χ0n) is 40.6. The molecule has 0 radical (unpaired) electrons. The van der Waals surface area contributed by atoms with E-state index in [4.69, 9.17) is 6.42 Å². The van der Waals surface area contributed by atoms with Crippen LogP contribution in [0.5, 0.6) is 0 Å². The van der Waals surface area contributed by atoms with Crippen molar-refractivity contribution in [3.63, 3.8) is 0 Å². The molecule has 0 saturated carbocycles. The third-order valence-corrected chi connectivity index (χ3v) is 15.2. The highest BCUT2D eigenvalue weighted by Gasteiger charge is 2.38. The first kappa shape index (κ1) is 44.4. The van der Waals surface area contributed by atoms with Crippen LogP contribution in [0.15, 0.2) is 231 Å². The van der Waals surface area contributed by atoms with Gasteiger partial charge in [-0.05, 0) is 154 Å². The van der Waals surface area contributed by atoms with Crippen molar-refractivity contribution in [2.45, 2.75) is 57.4 Å². The molecular formula is C68H58N2. The van der Waals surface area contributed by atoms with Crippen molar-refractivity contribution in [2.75, 3.05) is 4.90 Å². The van der Waals surface area contributed by atoms with E-state index in [0.717, 1.165) is 24.1 Å². The van der Waals surface area contributed by atoms with E-state index in [1.165, 1.54) is 88.8 Å². The zero-order chi connectivity index (χ0) is 48.0. The highest BCUT2D eigenvalue weighted by molar-refractivity contribution is 6.11. The highest BCUT2D eigenvalue weighted by atomic mass is 15.2. The summed E-state index contributed by atoms with van der Waals surface area (Å²) in [5.41, 5.74) is 19.7. The van der Waals surface area contributed by atoms with E-state index in [9.17, 15) is 0 Å². The lowest BCUT2D eigenvalue weighted by atomic mass is 9.80. The molecule has 3 aliphatic rings. The Balaban J connectivity index is 0.906. The fourth-order valence-corrected chi connectivity index (χ4v) is 11.4. The van der Waals surface area contributed by atoms with Crippen molar-refractivity contribution in [2.24, 2.45) is 5.92 Å². The summed E-state index contributed by atoms with van der Waals surface area (Å²) in [7, 11) is 0. The van der Waals surface area contributed by atoms with E-state index in [2.05, 4.69) is 250 Å². The molecule has 0 saturated heterocycles. The van der Waals surface area contributed by atoms with Gasteiger partial charge in [0.1, 0.15) is 0 Å². The van der Waals surface area contributed by atoms with Gasteiger partial charge in [-0.1, -0.05) is 191 Å². The molecule has 7 aromatic carbocycles. The van der Waals surface area contributed by atoms with Crippen LogP contribution in [0, 0.1) is 18.3 Å². The van der Waals surface area contributed by atoms with Gasteiger partial charge in [0, 0.05) is 39.2 Å². The maximum absolute atomic E-state index is 5.41. The topological polar surface area (TPSA) is 8.17 Å². The lowest BCUT2D eigenvalue weighted by molar-refractivity contribution is 0.565. The molecule has 2 nitrogen and oxygen atoms in total. The quantitative estimate of drug-likeness (QED) is 0.0927. The molecule has 0 bridgehead atoms. The van der Waals surface area contributed by atoms with Crippen molar-refractivity contribution in [1.29, 1.82) is 0 Å². The first-order chi connectivity index (χ1) is 34.1. The number of anilines is 2. The van der Waals surface area contributed by atoms with Gasteiger partial charge in [-0.2, -0.15) is 0 Å².